The van der Waals surface area contributed by atoms with Crippen LogP contribution in [0.15, 0.2) is 5.38 Å². The Morgan fingerprint density at radius 1 is 1.50 bits per heavy atom. The van der Waals surface area contributed by atoms with Gasteiger partial charge in [-0.05, 0) is 25.7 Å². The zero-order valence-electron chi connectivity index (χ0n) is 11.8. The third kappa shape index (κ3) is 3.79. The number of rotatable bonds is 4. The summed E-state index contributed by atoms with van der Waals surface area (Å²) in [5.74, 6) is -0.0155. The molecule has 1 heterocycles. The monoisotopic (exact) mass is 296 g/mol. The molecular weight excluding hydrogens is 276 g/mol. The molecule has 0 bridgehead atoms. The quantitative estimate of drug-likeness (QED) is 0.867. The predicted molar refractivity (Wildman–Crippen MR) is 77.0 cm³/mol. The van der Waals surface area contributed by atoms with E-state index in [-0.39, 0.29) is 17.0 Å². The summed E-state index contributed by atoms with van der Waals surface area (Å²) in [6.45, 7) is 4.25. The predicted octanol–water partition coefficient (Wildman–Crippen LogP) is 2.63. The van der Waals surface area contributed by atoms with Crippen molar-refractivity contribution in [2.45, 2.75) is 45.6 Å². The molecular formula is C14H20N2O3S. The molecule has 1 aromatic rings. The van der Waals surface area contributed by atoms with Gasteiger partial charge in [-0.3, -0.25) is 4.79 Å². The van der Waals surface area contributed by atoms with Crippen molar-refractivity contribution in [1.82, 2.24) is 10.3 Å². The lowest BCUT2D eigenvalue weighted by atomic mass is 9.87. The number of thiazole rings is 1. The maximum Gasteiger partial charge on any atom is 0.367 e. The van der Waals surface area contributed by atoms with Gasteiger partial charge in [0.25, 0.3) is 5.91 Å². The summed E-state index contributed by atoms with van der Waals surface area (Å²) < 4.78 is 4.86. The second-order valence-corrected chi connectivity index (χ2v) is 6.06. The molecule has 0 aliphatic heterocycles. The van der Waals surface area contributed by atoms with Crippen molar-refractivity contribution in [2.75, 3.05) is 6.61 Å². The Bertz CT molecular complexity index is 487. The van der Waals surface area contributed by atoms with Crippen LogP contribution < -0.4 is 5.32 Å². The van der Waals surface area contributed by atoms with Crippen molar-refractivity contribution < 1.29 is 14.3 Å². The van der Waals surface area contributed by atoms with Gasteiger partial charge in [-0.25, -0.2) is 9.78 Å². The number of amides is 1. The van der Waals surface area contributed by atoms with E-state index in [1.807, 2.05) is 0 Å². The zero-order valence-corrected chi connectivity index (χ0v) is 12.7. The van der Waals surface area contributed by atoms with E-state index in [9.17, 15) is 9.59 Å². The van der Waals surface area contributed by atoms with Crippen LogP contribution in [-0.2, 0) is 4.74 Å². The number of esters is 1. The van der Waals surface area contributed by atoms with E-state index in [2.05, 4.69) is 17.2 Å². The number of nitrogens with zero attached hydrogens (tertiary/aromatic N) is 1. The molecule has 1 aliphatic carbocycles. The van der Waals surface area contributed by atoms with E-state index in [4.69, 9.17) is 4.74 Å². The first-order valence-electron chi connectivity index (χ1n) is 7.03. The molecule has 1 saturated carbocycles. The molecule has 0 saturated heterocycles. The Hall–Kier alpha value is -1.43. The fourth-order valence-corrected chi connectivity index (χ4v) is 3.18. The highest BCUT2D eigenvalue weighted by atomic mass is 32.1. The van der Waals surface area contributed by atoms with Crippen LogP contribution in [0, 0.1) is 5.92 Å². The van der Waals surface area contributed by atoms with Crippen LogP contribution in [0.3, 0.4) is 0 Å². The average Bonchev–Trinajstić information content (AvgIpc) is 2.88. The number of carbonyl (C=O) groups excluding carboxylic acids is 2. The maximum absolute atomic E-state index is 12.1. The molecule has 1 aliphatic rings. The van der Waals surface area contributed by atoms with Gasteiger partial charge in [0, 0.05) is 11.4 Å². The highest BCUT2D eigenvalue weighted by molar-refractivity contribution is 7.11. The minimum atomic E-state index is -0.470. The lowest BCUT2D eigenvalue weighted by molar-refractivity contribution is 0.0526. The Balaban J connectivity index is 1.94. The van der Waals surface area contributed by atoms with E-state index in [1.165, 1.54) is 6.42 Å². The molecule has 110 valence electrons. The van der Waals surface area contributed by atoms with Crippen molar-refractivity contribution >= 4 is 23.2 Å². The van der Waals surface area contributed by atoms with Crippen LogP contribution in [0.25, 0.3) is 0 Å². The summed E-state index contributed by atoms with van der Waals surface area (Å²) in [6.07, 6.45) is 4.42. The molecule has 2 unspecified atom stereocenters. The fourth-order valence-electron chi connectivity index (χ4n) is 2.49. The van der Waals surface area contributed by atoms with Crippen molar-refractivity contribution in [3.63, 3.8) is 0 Å². The van der Waals surface area contributed by atoms with Crippen LogP contribution in [-0.4, -0.2) is 29.5 Å². The topological polar surface area (TPSA) is 68.3 Å². The highest BCUT2D eigenvalue weighted by Crippen LogP contribution is 2.23. The molecule has 20 heavy (non-hydrogen) atoms. The Kier molecular flexibility index (Phi) is 5.11. The van der Waals surface area contributed by atoms with Crippen LogP contribution in [0.4, 0.5) is 0 Å². The average molecular weight is 296 g/mol. The van der Waals surface area contributed by atoms with Gasteiger partial charge < -0.3 is 10.1 Å². The SMILES string of the molecule is CCOC(=O)c1nc(C(=O)NC2CCCC(C)C2)cs1. The molecule has 2 atom stereocenters. The zero-order chi connectivity index (χ0) is 14.5. The maximum atomic E-state index is 12.1. The molecule has 6 heteroatoms. The second kappa shape index (κ2) is 6.83. The first-order chi connectivity index (χ1) is 9.60. The molecule has 1 fully saturated rings. The van der Waals surface area contributed by atoms with Gasteiger partial charge in [-0.15, -0.1) is 11.3 Å². The first-order valence-corrected chi connectivity index (χ1v) is 7.91. The van der Waals surface area contributed by atoms with E-state index >= 15 is 0 Å². The van der Waals surface area contributed by atoms with Gasteiger partial charge in [0.2, 0.25) is 5.01 Å². The van der Waals surface area contributed by atoms with Gasteiger partial charge in [0.1, 0.15) is 5.69 Å². The number of hydrogen-bond donors (Lipinski definition) is 1. The minimum absolute atomic E-state index is 0.198. The molecule has 0 radical (unpaired) electrons. The first kappa shape index (κ1) is 15.0. The lowest BCUT2D eigenvalue weighted by Crippen LogP contribution is -2.38. The molecule has 5 nitrogen and oxygen atoms in total. The third-order valence-corrected chi connectivity index (χ3v) is 4.28. The van der Waals surface area contributed by atoms with Crippen LogP contribution in [0.1, 0.15) is 59.8 Å². The Morgan fingerprint density at radius 2 is 2.30 bits per heavy atom. The van der Waals surface area contributed by atoms with Crippen LogP contribution in [0.5, 0.6) is 0 Å². The summed E-state index contributed by atoms with van der Waals surface area (Å²) in [7, 11) is 0. The number of aromatic nitrogens is 1. The number of carbonyl (C=O) groups is 2. The summed E-state index contributed by atoms with van der Waals surface area (Å²) in [6, 6.07) is 0.221. The highest BCUT2D eigenvalue weighted by Gasteiger charge is 2.22. The summed E-state index contributed by atoms with van der Waals surface area (Å²) >= 11 is 1.14. The normalized spacial score (nSPS) is 22.3. The van der Waals surface area contributed by atoms with Gasteiger partial charge >= 0.3 is 5.97 Å². The number of nitrogens with one attached hydrogen (secondary N) is 1. The van der Waals surface area contributed by atoms with Crippen molar-refractivity contribution in [3.05, 3.63) is 16.1 Å². The van der Waals surface area contributed by atoms with Gasteiger partial charge in [0.15, 0.2) is 0 Å². The summed E-state index contributed by atoms with van der Waals surface area (Å²) in [5, 5.41) is 4.84. The van der Waals surface area contributed by atoms with Crippen molar-refractivity contribution in [3.8, 4) is 0 Å². The van der Waals surface area contributed by atoms with Crippen molar-refractivity contribution in [1.29, 1.82) is 0 Å². The van der Waals surface area contributed by atoms with E-state index in [0.29, 0.717) is 18.2 Å². The number of ether oxygens (including phenoxy) is 1. The van der Waals surface area contributed by atoms with E-state index in [1.54, 1.807) is 12.3 Å². The lowest BCUT2D eigenvalue weighted by Gasteiger charge is -2.27. The fraction of sp³-hybridized carbons (Fsp3) is 0.643. The largest absolute Gasteiger partial charge is 0.461 e. The summed E-state index contributed by atoms with van der Waals surface area (Å²) in [4.78, 5) is 27.6. The third-order valence-electron chi connectivity index (χ3n) is 3.46. The second-order valence-electron chi connectivity index (χ2n) is 5.20. The molecule has 1 amide bonds. The van der Waals surface area contributed by atoms with Crippen LogP contribution in [0.2, 0.25) is 0 Å². The van der Waals surface area contributed by atoms with Gasteiger partial charge in [-0.2, -0.15) is 0 Å². The molecule has 2 rings (SSSR count). The molecule has 0 aromatic carbocycles. The molecule has 1 N–H and O–H groups in total. The summed E-state index contributed by atoms with van der Waals surface area (Å²) in [5.41, 5.74) is 0.302. The Morgan fingerprint density at radius 3 is 3.00 bits per heavy atom. The Labute approximate surface area is 122 Å². The molecule has 1 aromatic heterocycles. The van der Waals surface area contributed by atoms with Gasteiger partial charge in [0.05, 0.1) is 6.61 Å². The van der Waals surface area contributed by atoms with E-state index < -0.39 is 5.97 Å². The van der Waals surface area contributed by atoms with Crippen LogP contribution >= 0.6 is 11.3 Å². The number of hydrogen-bond acceptors (Lipinski definition) is 5. The standard InChI is InChI=1S/C14H20N2O3S/c1-3-19-14(18)13-16-11(8-20-13)12(17)15-10-6-4-5-9(2)7-10/h8-10H,3-7H2,1-2H3,(H,15,17). The van der Waals surface area contributed by atoms with Crippen molar-refractivity contribution in [2.24, 2.45) is 5.92 Å². The minimum Gasteiger partial charge on any atom is -0.461 e. The smallest absolute Gasteiger partial charge is 0.367 e. The molecule has 0 spiro atoms. The van der Waals surface area contributed by atoms with E-state index in [0.717, 1.165) is 30.6 Å². The van der Waals surface area contributed by atoms with Gasteiger partial charge in [-0.1, -0.05) is 19.8 Å².